The molecule has 0 unspecified atom stereocenters. The zero-order valence-corrected chi connectivity index (χ0v) is 14.0. The summed E-state index contributed by atoms with van der Waals surface area (Å²) in [6.07, 6.45) is 6.63. The van der Waals surface area contributed by atoms with Gasteiger partial charge in [0.2, 0.25) is 0 Å². The molecule has 1 aromatic rings. The van der Waals surface area contributed by atoms with E-state index in [1.54, 1.807) is 0 Å². The van der Waals surface area contributed by atoms with Gasteiger partial charge in [-0.3, -0.25) is 0 Å². The minimum absolute atomic E-state index is 0.634. The zero-order valence-electron chi connectivity index (χ0n) is 14.0. The quantitative estimate of drug-likeness (QED) is 0.669. The molecule has 2 rings (SSSR count). The lowest BCUT2D eigenvalue weighted by molar-refractivity contribution is 0.289. The summed E-state index contributed by atoms with van der Waals surface area (Å²) in [6.45, 7) is 9.70. The van der Waals surface area contributed by atoms with Crippen LogP contribution in [0.4, 0.5) is 0 Å². The first-order valence-electron chi connectivity index (χ1n) is 8.56. The maximum absolute atomic E-state index is 5.75. The highest BCUT2D eigenvalue weighted by atomic mass is 16.5. The number of rotatable bonds is 10. The third kappa shape index (κ3) is 5.70. The molecule has 1 N–H and O–H groups in total. The van der Waals surface area contributed by atoms with Gasteiger partial charge < -0.3 is 10.1 Å². The molecule has 0 radical (unpaired) electrons. The Balaban J connectivity index is 1.67. The maximum Gasteiger partial charge on any atom is 0.119 e. The lowest BCUT2D eigenvalue weighted by atomic mass is 10.0. The normalized spacial score (nSPS) is 16.2. The van der Waals surface area contributed by atoms with Crippen LogP contribution < -0.4 is 10.1 Å². The van der Waals surface area contributed by atoms with Crippen molar-refractivity contribution in [2.75, 3.05) is 13.2 Å². The minimum Gasteiger partial charge on any atom is -0.494 e. The van der Waals surface area contributed by atoms with E-state index < -0.39 is 0 Å². The SMILES string of the molecule is CCCC1(CNCc2ccc(OCCC(C)C)cc2)CC1. The fourth-order valence-electron chi connectivity index (χ4n) is 2.81. The number of nitrogens with one attached hydrogen (secondary N) is 1. The van der Waals surface area contributed by atoms with Crippen LogP contribution in [0.2, 0.25) is 0 Å². The topological polar surface area (TPSA) is 21.3 Å². The predicted octanol–water partition coefficient (Wildman–Crippen LogP) is 4.78. The van der Waals surface area contributed by atoms with Gasteiger partial charge in [0.25, 0.3) is 0 Å². The molecule has 0 atom stereocenters. The smallest absolute Gasteiger partial charge is 0.119 e. The molecule has 0 amide bonds. The van der Waals surface area contributed by atoms with Gasteiger partial charge in [-0.15, -0.1) is 0 Å². The second-order valence-electron chi connectivity index (χ2n) is 7.03. The van der Waals surface area contributed by atoms with Crippen molar-refractivity contribution < 1.29 is 4.74 Å². The molecule has 0 spiro atoms. The largest absolute Gasteiger partial charge is 0.494 e. The zero-order chi connectivity index (χ0) is 15.1. The van der Waals surface area contributed by atoms with Gasteiger partial charge >= 0.3 is 0 Å². The summed E-state index contributed by atoms with van der Waals surface area (Å²) in [7, 11) is 0. The van der Waals surface area contributed by atoms with E-state index in [1.807, 2.05) is 0 Å². The van der Waals surface area contributed by atoms with Crippen molar-refractivity contribution >= 4 is 0 Å². The molecule has 1 aliphatic carbocycles. The number of ether oxygens (including phenoxy) is 1. The van der Waals surface area contributed by atoms with E-state index in [9.17, 15) is 0 Å². The Labute approximate surface area is 130 Å². The van der Waals surface area contributed by atoms with Gasteiger partial charge in [0, 0.05) is 13.1 Å². The Bertz CT molecular complexity index is 406. The molecule has 0 heterocycles. The van der Waals surface area contributed by atoms with E-state index in [-0.39, 0.29) is 0 Å². The Morgan fingerprint density at radius 2 is 1.90 bits per heavy atom. The highest BCUT2D eigenvalue weighted by molar-refractivity contribution is 5.27. The van der Waals surface area contributed by atoms with Crippen LogP contribution in [0.3, 0.4) is 0 Å². The van der Waals surface area contributed by atoms with Crippen LogP contribution in [0.25, 0.3) is 0 Å². The van der Waals surface area contributed by atoms with E-state index in [2.05, 4.69) is 50.4 Å². The summed E-state index contributed by atoms with van der Waals surface area (Å²) in [5.41, 5.74) is 1.98. The summed E-state index contributed by atoms with van der Waals surface area (Å²) < 4.78 is 5.75. The first kappa shape index (κ1) is 16.4. The molecule has 21 heavy (non-hydrogen) atoms. The Kier molecular flexibility index (Phi) is 6.10. The molecular formula is C19H31NO. The summed E-state index contributed by atoms with van der Waals surface area (Å²) in [6, 6.07) is 8.54. The van der Waals surface area contributed by atoms with Crippen LogP contribution >= 0.6 is 0 Å². The van der Waals surface area contributed by atoms with Crippen LogP contribution in [0.5, 0.6) is 5.75 Å². The number of hydrogen-bond acceptors (Lipinski definition) is 2. The molecule has 2 heteroatoms. The van der Waals surface area contributed by atoms with Gasteiger partial charge in [0.15, 0.2) is 0 Å². The van der Waals surface area contributed by atoms with Gasteiger partial charge in [0.1, 0.15) is 5.75 Å². The van der Waals surface area contributed by atoms with E-state index in [4.69, 9.17) is 4.74 Å². The first-order chi connectivity index (χ1) is 10.1. The predicted molar refractivity (Wildman–Crippen MR) is 89.7 cm³/mol. The summed E-state index contributed by atoms with van der Waals surface area (Å²) in [5, 5.41) is 3.63. The van der Waals surface area contributed by atoms with Gasteiger partial charge in [-0.2, -0.15) is 0 Å². The average Bonchev–Trinajstić information content (AvgIpc) is 3.21. The molecule has 0 saturated heterocycles. The van der Waals surface area contributed by atoms with Gasteiger partial charge in [-0.05, 0) is 54.7 Å². The molecule has 1 aliphatic rings. The van der Waals surface area contributed by atoms with E-state index in [1.165, 1.54) is 37.8 Å². The highest BCUT2D eigenvalue weighted by Crippen LogP contribution is 2.48. The van der Waals surface area contributed by atoms with Crippen molar-refractivity contribution in [2.24, 2.45) is 11.3 Å². The fraction of sp³-hybridized carbons (Fsp3) is 0.684. The Morgan fingerprint density at radius 1 is 1.19 bits per heavy atom. The highest BCUT2D eigenvalue weighted by Gasteiger charge is 2.40. The first-order valence-corrected chi connectivity index (χ1v) is 8.56. The van der Waals surface area contributed by atoms with Crippen LogP contribution in [-0.4, -0.2) is 13.2 Å². The third-order valence-electron chi connectivity index (χ3n) is 4.45. The third-order valence-corrected chi connectivity index (χ3v) is 4.45. The molecule has 0 aromatic heterocycles. The van der Waals surface area contributed by atoms with Crippen molar-refractivity contribution in [3.8, 4) is 5.75 Å². The van der Waals surface area contributed by atoms with Crippen LogP contribution in [0, 0.1) is 11.3 Å². The van der Waals surface area contributed by atoms with E-state index >= 15 is 0 Å². The lowest BCUT2D eigenvalue weighted by Crippen LogP contribution is -2.23. The fourth-order valence-corrected chi connectivity index (χ4v) is 2.81. The van der Waals surface area contributed by atoms with E-state index in [0.717, 1.165) is 25.3 Å². The minimum atomic E-state index is 0.634. The molecule has 0 bridgehead atoms. The molecule has 1 aromatic carbocycles. The van der Waals surface area contributed by atoms with E-state index in [0.29, 0.717) is 11.3 Å². The molecule has 118 valence electrons. The van der Waals surface area contributed by atoms with Crippen molar-refractivity contribution in [3.05, 3.63) is 29.8 Å². The second kappa shape index (κ2) is 7.84. The second-order valence-corrected chi connectivity index (χ2v) is 7.03. The van der Waals surface area contributed by atoms with Crippen molar-refractivity contribution in [3.63, 3.8) is 0 Å². The summed E-state index contributed by atoms with van der Waals surface area (Å²) >= 11 is 0. The standard InChI is InChI=1S/C19H31NO/c1-4-10-19(11-12-19)15-20-14-17-5-7-18(8-6-17)21-13-9-16(2)3/h5-8,16,20H,4,9-15H2,1-3H3. The molecule has 2 nitrogen and oxygen atoms in total. The molecule has 1 saturated carbocycles. The summed E-state index contributed by atoms with van der Waals surface area (Å²) in [4.78, 5) is 0. The summed E-state index contributed by atoms with van der Waals surface area (Å²) in [5.74, 6) is 1.69. The monoisotopic (exact) mass is 289 g/mol. The van der Waals surface area contributed by atoms with Crippen molar-refractivity contribution in [1.82, 2.24) is 5.32 Å². The molecular weight excluding hydrogens is 258 g/mol. The number of benzene rings is 1. The van der Waals surface area contributed by atoms with Crippen LogP contribution in [0.1, 0.15) is 58.4 Å². The average molecular weight is 289 g/mol. The Hall–Kier alpha value is -1.02. The lowest BCUT2D eigenvalue weighted by Gasteiger charge is -2.15. The molecule has 0 aliphatic heterocycles. The van der Waals surface area contributed by atoms with Gasteiger partial charge in [0.05, 0.1) is 6.61 Å². The van der Waals surface area contributed by atoms with Crippen LogP contribution in [-0.2, 0) is 6.54 Å². The molecule has 1 fully saturated rings. The maximum atomic E-state index is 5.75. The van der Waals surface area contributed by atoms with Gasteiger partial charge in [-0.25, -0.2) is 0 Å². The van der Waals surface area contributed by atoms with Gasteiger partial charge in [-0.1, -0.05) is 39.3 Å². The van der Waals surface area contributed by atoms with Crippen molar-refractivity contribution in [2.45, 2.75) is 59.4 Å². The van der Waals surface area contributed by atoms with Crippen molar-refractivity contribution in [1.29, 1.82) is 0 Å². The van der Waals surface area contributed by atoms with Crippen LogP contribution in [0.15, 0.2) is 24.3 Å². The number of hydrogen-bond donors (Lipinski definition) is 1. The Morgan fingerprint density at radius 3 is 2.48 bits per heavy atom.